The van der Waals surface area contributed by atoms with E-state index in [-0.39, 0.29) is 5.75 Å². The van der Waals surface area contributed by atoms with Crippen LogP contribution in [0.1, 0.15) is 80.5 Å². The van der Waals surface area contributed by atoms with Gasteiger partial charge in [-0.1, -0.05) is 75.9 Å². The van der Waals surface area contributed by atoms with Crippen LogP contribution in [0.2, 0.25) is 0 Å². The number of anilines is 1. The lowest BCUT2D eigenvalue weighted by Gasteiger charge is -2.40. The Hall–Kier alpha value is -2.91. The summed E-state index contributed by atoms with van der Waals surface area (Å²) in [6, 6.07) is 22.4. The van der Waals surface area contributed by atoms with Crippen molar-refractivity contribution in [2.75, 3.05) is 57.6 Å². The molecule has 0 amide bonds. The first-order valence-electron chi connectivity index (χ1n) is 17.7. The number of fused-ring (bicyclic) bond motifs is 3. The van der Waals surface area contributed by atoms with Gasteiger partial charge in [0.2, 0.25) is 0 Å². The van der Waals surface area contributed by atoms with Gasteiger partial charge in [-0.15, -0.1) is 0 Å². The van der Waals surface area contributed by atoms with Gasteiger partial charge < -0.3 is 19.2 Å². The highest BCUT2D eigenvalue weighted by atomic mass is 32.2. The summed E-state index contributed by atoms with van der Waals surface area (Å²) in [5, 5.41) is 12.4. The molecule has 3 heterocycles. The minimum Gasteiger partial charge on any atom is -0.489 e. The van der Waals surface area contributed by atoms with Crippen molar-refractivity contribution in [3.05, 3.63) is 89.0 Å². The Morgan fingerprint density at radius 3 is 2.13 bits per heavy atom. The zero-order valence-corrected chi connectivity index (χ0v) is 29.6. The lowest BCUT2D eigenvalue weighted by molar-refractivity contribution is -0.921. The Morgan fingerprint density at radius 2 is 1.55 bits per heavy atom. The van der Waals surface area contributed by atoms with Crippen LogP contribution in [0.3, 0.4) is 0 Å². The lowest BCUT2D eigenvalue weighted by Crippen LogP contribution is -2.44. The van der Waals surface area contributed by atoms with Gasteiger partial charge in [0.1, 0.15) is 25.6 Å². The number of sulfone groups is 1. The predicted octanol–water partition coefficient (Wildman–Crippen LogP) is 6.58. The minimum atomic E-state index is -3.63. The second-order valence-corrected chi connectivity index (χ2v) is 16.7. The van der Waals surface area contributed by atoms with Crippen molar-refractivity contribution < 1.29 is 22.7 Å². The number of hydrogen-bond acceptors (Lipinski definition) is 6. The van der Waals surface area contributed by atoms with E-state index < -0.39 is 27.3 Å². The molecule has 0 radical (unpaired) electrons. The van der Waals surface area contributed by atoms with Crippen molar-refractivity contribution in [2.24, 2.45) is 5.41 Å². The lowest BCUT2D eigenvalue weighted by atomic mass is 9.68. The normalized spacial score (nSPS) is 25.7. The van der Waals surface area contributed by atoms with E-state index >= 15 is 0 Å². The highest BCUT2D eigenvalue weighted by Crippen LogP contribution is 2.50. The number of unbranched alkanes of at least 4 members (excludes halogenated alkanes) is 2. The van der Waals surface area contributed by atoms with E-state index in [4.69, 9.17) is 4.74 Å². The van der Waals surface area contributed by atoms with Crippen LogP contribution < -0.4 is 9.64 Å². The Bertz CT molecular complexity index is 1600. The first kappa shape index (κ1) is 34.0. The number of nitrogens with zero attached hydrogens (tertiary/aromatic N) is 3. The average Bonchev–Trinajstić information content (AvgIpc) is 3.65. The molecule has 2 bridgehead atoms. The van der Waals surface area contributed by atoms with Gasteiger partial charge in [-0.2, -0.15) is 0 Å². The van der Waals surface area contributed by atoms with Gasteiger partial charge in [0.15, 0.2) is 9.84 Å². The van der Waals surface area contributed by atoms with Crippen LogP contribution in [0.25, 0.3) is 0 Å². The minimum absolute atomic E-state index is 0.0234. The monoisotopic (exact) mass is 660 g/mol. The molecule has 0 unspecified atom stereocenters. The second kappa shape index (κ2) is 13.9. The Labute approximate surface area is 282 Å². The van der Waals surface area contributed by atoms with E-state index in [1.807, 2.05) is 55.4 Å². The van der Waals surface area contributed by atoms with Crippen LogP contribution in [-0.4, -0.2) is 81.7 Å². The van der Waals surface area contributed by atoms with Crippen LogP contribution in [0.5, 0.6) is 5.75 Å². The van der Waals surface area contributed by atoms with E-state index in [2.05, 4.69) is 43.0 Å². The molecule has 3 aromatic rings. The molecule has 3 aromatic carbocycles. The number of rotatable bonds is 13. The summed E-state index contributed by atoms with van der Waals surface area (Å²) in [6.45, 7) is 12.0. The summed E-state index contributed by atoms with van der Waals surface area (Å²) >= 11 is 0. The topological polar surface area (TPSA) is 70.1 Å². The third kappa shape index (κ3) is 7.12. The van der Waals surface area contributed by atoms with E-state index in [0.29, 0.717) is 29.9 Å². The Morgan fingerprint density at radius 1 is 0.915 bits per heavy atom. The largest absolute Gasteiger partial charge is 0.489 e. The molecule has 0 spiro atoms. The maximum absolute atomic E-state index is 14.1. The Kier molecular flexibility index (Phi) is 10.1. The SMILES string of the molecule is CCCCC1(CCCC)CS(=O)(=O)c2ccc(N(C)C)cc2[C@@H](c2ccc(OCc3ccc(C[N+]45CCN(CC4)C5)cc3)cc2)[C@H]1O. The van der Waals surface area contributed by atoms with Crippen molar-refractivity contribution in [1.82, 2.24) is 4.90 Å². The van der Waals surface area contributed by atoms with Gasteiger partial charge in [-0.05, 0) is 59.9 Å². The van der Waals surface area contributed by atoms with Crippen molar-refractivity contribution in [3.8, 4) is 5.75 Å². The predicted molar refractivity (Wildman–Crippen MR) is 190 cm³/mol. The third-order valence-electron chi connectivity index (χ3n) is 11.1. The fourth-order valence-corrected chi connectivity index (χ4v) is 10.5. The molecule has 0 aromatic heterocycles. The fourth-order valence-electron chi connectivity index (χ4n) is 8.30. The summed E-state index contributed by atoms with van der Waals surface area (Å²) in [5.41, 5.74) is 4.32. The molecule has 47 heavy (non-hydrogen) atoms. The molecule has 3 aliphatic rings. The maximum atomic E-state index is 14.1. The van der Waals surface area contributed by atoms with E-state index in [1.165, 1.54) is 42.9 Å². The smallest absolute Gasteiger partial charge is 0.179 e. The van der Waals surface area contributed by atoms with Crippen molar-refractivity contribution in [3.63, 3.8) is 0 Å². The first-order chi connectivity index (χ1) is 22.6. The standard InChI is InChI=1S/C39H54N3O4S/c1-5-7-19-39(20-8-6-2)28-47(44,45)36-18-15-33(40(3)4)25-35(36)37(38(39)43)32-13-16-34(17-14-32)46-27-31-11-9-30(10-12-31)26-42-23-21-41(29-42)22-24-42/h9-18,25,37-38,43H,5-8,19-24,26-29H2,1-4H3/q+1/t37-,38-/m1/s1. The molecular weight excluding hydrogens is 607 g/mol. The number of benzene rings is 3. The van der Waals surface area contributed by atoms with Crippen molar-refractivity contribution in [1.29, 1.82) is 0 Å². The number of hydrogen-bond donors (Lipinski definition) is 1. The zero-order valence-electron chi connectivity index (χ0n) is 28.8. The summed E-state index contributed by atoms with van der Waals surface area (Å²) in [7, 11) is 0.289. The molecule has 1 N–H and O–H groups in total. The van der Waals surface area contributed by atoms with Gasteiger partial charge in [-0.25, -0.2) is 13.3 Å². The number of quaternary nitrogens is 1. The molecule has 2 saturated heterocycles. The molecule has 2 fully saturated rings. The molecule has 0 aliphatic carbocycles. The molecular formula is C39H54N3O4S+. The van der Waals surface area contributed by atoms with E-state index in [1.54, 1.807) is 6.07 Å². The highest BCUT2D eigenvalue weighted by Gasteiger charge is 2.49. The molecule has 2 atom stereocenters. The molecule has 8 heteroatoms. The van der Waals surface area contributed by atoms with Gasteiger partial charge >= 0.3 is 0 Å². The van der Waals surface area contributed by atoms with E-state index in [0.717, 1.165) is 54.8 Å². The zero-order chi connectivity index (χ0) is 33.2. The Balaban J connectivity index is 1.25. The molecule has 0 saturated carbocycles. The van der Waals surface area contributed by atoms with Gasteiger partial charge in [-0.3, -0.25) is 0 Å². The average molecular weight is 661 g/mol. The van der Waals surface area contributed by atoms with Crippen LogP contribution in [0.4, 0.5) is 5.69 Å². The number of aliphatic hydroxyl groups excluding tert-OH is 1. The summed E-state index contributed by atoms with van der Waals surface area (Å²) in [5.74, 6) is 0.262. The number of aliphatic hydroxyl groups is 1. The third-order valence-corrected chi connectivity index (χ3v) is 13.1. The molecule has 7 nitrogen and oxygen atoms in total. The van der Waals surface area contributed by atoms with Gasteiger partial charge in [0, 0.05) is 36.7 Å². The summed E-state index contributed by atoms with van der Waals surface area (Å²) in [4.78, 5) is 4.91. The molecule has 254 valence electrons. The van der Waals surface area contributed by atoms with Gasteiger partial charge in [0.05, 0.1) is 42.9 Å². The molecule has 6 rings (SSSR count). The summed E-state index contributed by atoms with van der Waals surface area (Å²) in [6.07, 6.45) is 4.21. The van der Waals surface area contributed by atoms with Gasteiger partial charge in [0.25, 0.3) is 0 Å². The number of ether oxygens (including phenoxy) is 1. The van der Waals surface area contributed by atoms with E-state index in [9.17, 15) is 13.5 Å². The van der Waals surface area contributed by atoms with Crippen LogP contribution in [0.15, 0.2) is 71.6 Å². The fraction of sp³-hybridized carbons (Fsp3) is 0.538. The second-order valence-electron chi connectivity index (χ2n) is 14.7. The van der Waals surface area contributed by atoms with Crippen molar-refractivity contribution in [2.45, 2.75) is 82.4 Å². The molecule has 3 aliphatic heterocycles. The van der Waals surface area contributed by atoms with Crippen LogP contribution in [-0.2, 0) is 23.0 Å². The number of piperazine rings is 1. The van der Waals surface area contributed by atoms with Crippen molar-refractivity contribution >= 4 is 15.5 Å². The quantitative estimate of drug-likeness (QED) is 0.209. The van der Waals surface area contributed by atoms with Crippen LogP contribution >= 0.6 is 0 Å². The highest BCUT2D eigenvalue weighted by molar-refractivity contribution is 7.91. The first-order valence-corrected chi connectivity index (χ1v) is 19.3. The maximum Gasteiger partial charge on any atom is 0.179 e. The summed E-state index contributed by atoms with van der Waals surface area (Å²) < 4.78 is 35.6. The van der Waals surface area contributed by atoms with Crippen LogP contribution in [0, 0.1) is 5.41 Å².